The zero-order valence-corrected chi connectivity index (χ0v) is 12.5. The van der Waals surface area contributed by atoms with Gasteiger partial charge in [0.05, 0.1) is 12.3 Å². The van der Waals surface area contributed by atoms with Crippen LogP contribution in [0, 0.1) is 0 Å². The Balaban J connectivity index is 2.45. The Kier molecular flexibility index (Phi) is 7.16. The first-order valence-corrected chi connectivity index (χ1v) is 7.46. The van der Waals surface area contributed by atoms with Gasteiger partial charge >= 0.3 is 0 Å². The molecule has 1 atom stereocenters. The third-order valence-electron chi connectivity index (χ3n) is 3.22. The third-order valence-corrected chi connectivity index (χ3v) is 3.22. The van der Waals surface area contributed by atoms with E-state index >= 15 is 0 Å². The molecule has 3 heteroatoms. The lowest BCUT2D eigenvalue weighted by Gasteiger charge is -2.16. The summed E-state index contributed by atoms with van der Waals surface area (Å²) in [6.45, 7) is 7.07. The van der Waals surface area contributed by atoms with Gasteiger partial charge in [0.2, 0.25) is 0 Å². The summed E-state index contributed by atoms with van der Waals surface area (Å²) in [4.78, 5) is 0. The van der Waals surface area contributed by atoms with Crippen LogP contribution in [-0.2, 0) is 0 Å². The first kappa shape index (κ1) is 15.7. The topological polar surface area (TPSA) is 47.3 Å². The van der Waals surface area contributed by atoms with Crippen molar-refractivity contribution in [1.29, 1.82) is 0 Å². The molecule has 0 saturated heterocycles. The van der Waals surface area contributed by atoms with Crippen molar-refractivity contribution >= 4 is 11.4 Å². The van der Waals surface area contributed by atoms with Crippen molar-refractivity contribution in [1.82, 2.24) is 0 Å². The normalized spacial score (nSPS) is 12.2. The van der Waals surface area contributed by atoms with E-state index < -0.39 is 0 Å². The van der Waals surface area contributed by atoms with E-state index in [1.54, 1.807) is 0 Å². The van der Waals surface area contributed by atoms with Gasteiger partial charge < -0.3 is 15.8 Å². The second-order valence-electron chi connectivity index (χ2n) is 5.08. The first-order chi connectivity index (χ1) is 9.17. The molecule has 0 radical (unpaired) electrons. The Morgan fingerprint density at radius 2 is 2.00 bits per heavy atom. The molecule has 1 aromatic carbocycles. The lowest BCUT2D eigenvalue weighted by atomic mass is 10.1. The summed E-state index contributed by atoms with van der Waals surface area (Å²) in [5.74, 6) is 0.769. The van der Waals surface area contributed by atoms with E-state index in [9.17, 15) is 0 Å². The third kappa shape index (κ3) is 5.86. The van der Waals surface area contributed by atoms with Crippen LogP contribution < -0.4 is 15.8 Å². The highest BCUT2D eigenvalue weighted by Crippen LogP contribution is 2.26. The Hall–Kier alpha value is -1.38. The quantitative estimate of drug-likeness (QED) is 0.512. The number of anilines is 2. The maximum Gasteiger partial charge on any atom is 0.144 e. The maximum atomic E-state index is 5.87. The molecule has 3 nitrogen and oxygen atoms in total. The van der Waals surface area contributed by atoms with Crippen LogP contribution in [-0.4, -0.2) is 12.6 Å². The van der Waals surface area contributed by atoms with Crippen molar-refractivity contribution in [3.8, 4) is 5.75 Å². The number of hydrogen-bond acceptors (Lipinski definition) is 3. The van der Waals surface area contributed by atoms with E-state index in [1.807, 2.05) is 25.1 Å². The molecule has 0 heterocycles. The Bertz CT molecular complexity index is 366. The number of unbranched alkanes of at least 4 members (excludes halogenated alkanes) is 3. The molecule has 0 bridgehead atoms. The molecule has 0 fully saturated rings. The summed E-state index contributed by atoms with van der Waals surface area (Å²) >= 11 is 0. The predicted octanol–water partition coefficient (Wildman–Crippen LogP) is 4.44. The zero-order chi connectivity index (χ0) is 14.1. The van der Waals surface area contributed by atoms with Crippen LogP contribution in [0.4, 0.5) is 11.4 Å². The number of nitrogen functional groups attached to an aromatic ring is 1. The Morgan fingerprint density at radius 3 is 2.68 bits per heavy atom. The number of nitrogens with one attached hydrogen (secondary N) is 1. The molecule has 1 aromatic rings. The summed E-state index contributed by atoms with van der Waals surface area (Å²) in [6.07, 6.45) is 6.44. The van der Waals surface area contributed by atoms with Crippen molar-refractivity contribution in [3.63, 3.8) is 0 Å². The fourth-order valence-corrected chi connectivity index (χ4v) is 2.14. The molecule has 1 rings (SSSR count). The van der Waals surface area contributed by atoms with Gasteiger partial charge in [0.25, 0.3) is 0 Å². The minimum absolute atomic E-state index is 0.481. The summed E-state index contributed by atoms with van der Waals surface area (Å²) < 4.78 is 5.51. The first-order valence-electron chi connectivity index (χ1n) is 7.46. The SMILES string of the molecule is CCCCCCC(C)Nc1ccc(N)c(OCC)c1. The average Bonchev–Trinajstić information content (AvgIpc) is 2.39. The van der Waals surface area contributed by atoms with Crippen LogP contribution >= 0.6 is 0 Å². The fourth-order valence-electron chi connectivity index (χ4n) is 2.14. The monoisotopic (exact) mass is 264 g/mol. The number of hydrogen-bond donors (Lipinski definition) is 2. The van der Waals surface area contributed by atoms with E-state index in [2.05, 4.69) is 19.2 Å². The van der Waals surface area contributed by atoms with Gasteiger partial charge in [-0.2, -0.15) is 0 Å². The predicted molar refractivity (Wildman–Crippen MR) is 83.9 cm³/mol. The van der Waals surface area contributed by atoms with Crippen LogP contribution in [0.25, 0.3) is 0 Å². The maximum absolute atomic E-state index is 5.87. The fraction of sp³-hybridized carbons (Fsp3) is 0.625. The summed E-state index contributed by atoms with van der Waals surface area (Å²) in [5, 5.41) is 3.51. The van der Waals surface area contributed by atoms with Gasteiger partial charge in [-0.3, -0.25) is 0 Å². The Morgan fingerprint density at radius 1 is 1.21 bits per heavy atom. The highest BCUT2D eigenvalue weighted by Gasteiger charge is 2.05. The number of benzene rings is 1. The van der Waals surface area contributed by atoms with Gasteiger partial charge in [0, 0.05) is 17.8 Å². The van der Waals surface area contributed by atoms with Crippen LogP contribution in [0.2, 0.25) is 0 Å². The van der Waals surface area contributed by atoms with Crippen LogP contribution in [0.5, 0.6) is 5.75 Å². The Labute approximate surface area is 117 Å². The smallest absolute Gasteiger partial charge is 0.144 e. The second kappa shape index (κ2) is 8.68. The second-order valence-corrected chi connectivity index (χ2v) is 5.08. The number of nitrogens with two attached hydrogens (primary N) is 1. The van der Waals surface area contributed by atoms with E-state index in [1.165, 1.54) is 32.1 Å². The van der Waals surface area contributed by atoms with E-state index in [4.69, 9.17) is 10.5 Å². The minimum Gasteiger partial charge on any atom is -0.492 e. The van der Waals surface area contributed by atoms with Gasteiger partial charge in [0.1, 0.15) is 5.75 Å². The number of rotatable bonds is 9. The van der Waals surface area contributed by atoms with Crippen molar-refractivity contribution < 1.29 is 4.74 Å². The van der Waals surface area contributed by atoms with Crippen LogP contribution in [0.3, 0.4) is 0 Å². The standard InChI is InChI=1S/C16H28N2O/c1-4-6-7-8-9-13(3)18-14-10-11-15(17)16(12-14)19-5-2/h10-13,18H,4-9,17H2,1-3H3. The molecule has 108 valence electrons. The van der Waals surface area contributed by atoms with E-state index in [0.29, 0.717) is 18.3 Å². The molecule has 3 N–H and O–H groups in total. The lowest BCUT2D eigenvalue weighted by Crippen LogP contribution is -2.15. The van der Waals surface area contributed by atoms with Crippen molar-refractivity contribution in [2.24, 2.45) is 0 Å². The molecular weight excluding hydrogens is 236 g/mol. The molecule has 0 amide bonds. The molecular formula is C16H28N2O. The van der Waals surface area contributed by atoms with Crippen LogP contribution in [0.15, 0.2) is 18.2 Å². The molecule has 0 spiro atoms. The molecule has 0 aliphatic rings. The lowest BCUT2D eigenvalue weighted by molar-refractivity contribution is 0.342. The van der Waals surface area contributed by atoms with Gasteiger partial charge in [-0.1, -0.05) is 32.6 Å². The average molecular weight is 264 g/mol. The zero-order valence-electron chi connectivity index (χ0n) is 12.5. The van der Waals surface area contributed by atoms with Gasteiger partial charge in [0.15, 0.2) is 0 Å². The molecule has 0 saturated carbocycles. The highest BCUT2D eigenvalue weighted by atomic mass is 16.5. The van der Waals surface area contributed by atoms with Gasteiger partial charge in [-0.05, 0) is 32.4 Å². The summed E-state index contributed by atoms with van der Waals surface area (Å²) in [5.41, 5.74) is 7.65. The highest BCUT2D eigenvalue weighted by molar-refractivity contribution is 5.61. The van der Waals surface area contributed by atoms with E-state index in [0.717, 1.165) is 11.4 Å². The molecule has 0 aromatic heterocycles. The van der Waals surface area contributed by atoms with E-state index in [-0.39, 0.29) is 0 Å². The molecule has 1 unspecified atom stereocenters. The number of ether oxygens (including phenoxy) is 1. The minimum atomic E-state index is 0.481. The summed E-state index contributed by atoms with van der Waals surface area (Å²) in [7, 11) is 0. The van der Waals surface area contributed by atoms with Crippen molar-refractivity contribution in [2.45, 2.75) is 58.9 Å². The molecule has 0 aliphatic carbocycles. The van der Waals surface area contributed by atoms with Crippen LogP contribution in [0.1, 0.15) is 52.9 Å². The largest absolute Gasteiger partial charge is 0.492 e. The molecule has 19 heavy (non-hydrogen) atoms. The van der Waals surface area contributed by atoms with Crippen molar-refractivity contribution in [3.05, 3.63) is 18.2 Å². The summed E-state index contributed by atoms with van der Waals surface area (Å²) in [6, 6.07) is 6.38. The van der Waals surface area contributed by atoms with Gasteiger partial charge in [-0.15, -0.1) is 0 Å². The van der Waals surface area contributed by atoms with Gasteiger partial charge in [-0.25, -0.2) is 0 Å². The molecule has 0 aliphatic heterocycles. The van der Waals surface area contributed by atoms with Crippen molar-refractivity contribution in [2.75, 3.05) is 17.7 Å².